The van der Waals surface area contributed by atoms with Crippen molar-refractivity contribution in [3.05, 3.63) is 90.0 Å². The molecule has 3 aromatic carbocycles. The van der Waals surface area contributed by atoms with Crippen LogP contribution >= 0.6 is 0 Å². The van der Waals surface area contributed by atoms with Crippen LogP contribution in [0.15, 0.2) is 78.9 Å². The standard InChI is InChI=1S/C28H30N2O3/c1-3-29-17-18-30(27(31)21-11-5-4-6-12-21)20-23(28(29)32)19-22-13-7-8-14-24(22)25-15-9-10-16-26(25)33-2/h4-16,23H,3,17-20H2,1-2H3/t23-/m0/s1. The first kappa shape index (κ1) is 22.6. The molecule has 1 saturated heterocycles. The molecular formula is C28H30N2O3. The number of hydrogen-bond acceptors (Lipinski definition) is 3. The van der Waals surface area contributed by atoms with Crippen LogP contribution in [0, 0.1) is 5.92 Å². The highest BCUT2D eigenvalue weighted by Crippen LogP contribution is 2.33. The average Bonchev–Trinajstić information content (AvgIpc) is 3.03. The summed E-state index contributed by atoms with van der Waals surface area (Å²) in [6.07, 6.45) is 0.558. The molecule has 1 aliphatic heterocycles. The van der Waals surface area contributed by atoms with Crippen molar-refractivity contribution >= 4 is 11.8 Å². The number of benzene rings is 3. The van der Waals surface area contributed by atoms with E-state index in [1.165, 1.54) is 0 Å². The Morgan fingerprint density at radius 1 is 0.909 bits per heavy atom. The zero-order chi connectivity index (χ0) is 23.2. The summed E-state index contributed by atoms with van der Waals surface area (Å²) in [7, 11) is 1.67. The van der Waals surface area contributed by atoms with E-state index in [1.54, 1.807) is 7.11 Å². The molecule has 0 bridgehead atoms. The van der Waals surface area contributed by atoms with Gasteiger partial charge in [0.1, 0.15) is 5.75 Å². The molecule has 33 heavy (non-hydrogen) atoms. The Morgan fingerprint density at radius 2 is 1.58 bits per heavy atom. The van der Waals surface area contributed by atoms with Gasteiger partial charge >= 0.3 is 0 Å². The second-order valence-corrected chi connectivity index (χ2v) is 8.29. The summed E-state index contributed by atoms with van der Waals surface area (Å²) >= 11 is 0. The van der Waals surface area contributed by atoms with E-state index in [0.29, 0.717) is 38.2 Å². The Hall–Kier alpha value is -3.60. The van der Waals surface area contributed by atoms with Crippen LogP contribution in [0.1, 0.15) is 22.8 Å². The molecule has 1 atom stereocenters. The number of methoxy groups -OCH3 is 1. The molecular weight excluding hydrogens is 412 g/mol. The predicted molar refractivity (Wildman–Crippen MR) is 130 cm³/mol. The number of carbonyl (C=O) groups excluding carboxylic acids is 2. The molecule has 1 aliphatic rings. The van der Waals surface area contributed by atoms with Crippen LogP contribution in [0.4, 0.5) is 0 Å². The Kier molecular flexibility index (Phi) is 7.08. The molecule has 0 aromatic heterocycles. The average molecular weight is 443 g/mol. The summed E-state index contributed by atoms with van der Waals surface area (Å²) in [6, 6.07) is 25.4. The molecule has 0 unspecified atom stereocenters. The fourth-order valence-corrected chi connectivity index (χ4v) is 4.55. The van der Waals surface area contributed by atoms with Gasteiger partial charge in [-0.3, -0.25) is 9.59 Å². The Labute approximate surface area is 195 Å². The molecule has 0 spiro atoms. The van der Waals surface area contributed by atoms with E-state index < -0.39 is 0 Å². The molecule has 1 fully saturated rings. The lowest BCUT2D eigenvalue weighted by Gasteiger charge is -2.24. The van der Waals surface area contributed by atoms with E-state index in [2.05, 4.69) is 12.1 Å². The minimum atomic E-state index is -0.309. The largest absolute Gasteiger partial charge is 0.496 e. The third-order valence-electron chi connectivity index (χ3n) is 6.31. The van der Waals surface area contributed by atoms with Gasteiger partial charge in [-0.1, -0.05) is 60.7 Å². The molecule has 0 N–H and O–H groups in total. The number of carbonyl (C=O) groups is 2. The fourth-order valence-electron chi connectivity index (χ4n) is 4.55. The summed E-state index contributed by atoms with van der Waals surface area (Å²) < 4.78 is 5.59. The first-order chi connectivity index (χ1) is 16.1. The smallest absolute Gasteiger partial charge is 0.253 e. The molecule has 4 rings (SSSR count). The van der Waals surface area contributed by atoms with Crippen LogP contribution in [0.5, 0.6) is 5.75 Å². The van der Waals surface area contributed by atoms with Gasteiger partial charge in [0.2, 0.25) is 5.91 Å². The fraction of sp³-hybridized carbons (Fsp3) is 0.286. The lowest BCUT2D eigenvalue weighted by atomic mass is 9.91. The summed E-state index contributed by atoms with van der Waals surface area (Å²) in [5.74, 6) is 0.573. The molecule has 5 nitrogen and oxygen atoms in total. The quantitative estimate of drug-likeness (QED) is 0.564. The predicted octanol–water partition coefficient (Wildman–Crippen LogP) is 4.53. The summed E-state index contributed by atoms with van der Waals surface area (Å²) in [6.45, 7) is 4.13. The molecule has 1 heterocycles. The number of amides is 2. The Balaban J connectivity index is 1.66. The molecule has 3 aromatic rings. The molecule has 2 amide bonds. The topological polar surface area (TPSA) is 49.9 Å². The van der Waals surface area contributed by atoms with Gasteiger partial charge in [-0.15, -0.1) is 0 Å². The minimum absolute atomic E-state index is 0.0237. The van der Waals surface area contributed by atoms with Gasteiger partial charge in [-0.05, 0) is 42.7 Å². The maximum Gasteiger partial charge on any atom is 0.253 e. The van der Waals surface area contributed by atoms with E-state index in [1.807, 2.05) is 83.5 Å². The highest BCUT2D eigenvalue weighted by Gasteiger charge is 2.32. The van der Waals surface area contributed by atoms with Crippen molar-refractivity contribution in [3.63, 3.8) is 0 Å². The normalized spacial score (nSPS) is 16.4. The third kappa shape index (κ3) is 4.92. The van der Waals surface area contributed by atoms with Gasteiger partial charge in [-0.25, -0.2) is 0 Å². The SMILES string of the molecule is CCN1CCN(C(=O)c2ccccc2)C[C@H](Cc2ccccc2-c2ccccc2OC)C1=O. The molecule has 5 heteroatoms. The van der Waals surface area contributed by atoms with Gasteiger partial charge in [0.15, 0.2) is 0 Å². The molecule has 0 radical (unpaired) electrons. The van der Waals surface area contributed by atoms with Crippen LogP contribution in [-0.2, 0) is 11.2 Å². The van der Waals surface area contributed by atoms with Gasteiger partial charge in [0.05, 0.1) is 13.0 Å². The van der Waals surface area contributed by atoms with Crippen molar-refractivity contribution in [3.8, 4) is 16.9 Å². The first-order valence-corrected chi connectivity index (χ1v) is 11.5. The molecule has 170 valence electrons. The van der Waals surface area contributed by atoms with Crippen LogP contribution < -0.4 is 4.74 Å². The van der Waals surface area contributed by atoms with E-state index in [9.17, 15) is 9.59 Å². The van der Waals surface area contributed by atoms with E-state index in [0.717, 1.165) is 22.4 Å². The van der Waals surface area contributed by atoms with Gasteiger partial charge in [-0.2, -0.15) is 0 Å². The molecule has 0 saturated carbocycles. The van der Waals surface area contributed by atoms with Crippen LogP contribution in [0.3, 0.4) is 0 Å². The van der Waals surface area contributed by atoms with Crippen LogP contribution in [0.25, 0.3) is 11.1 Å². The number of ether oxygens (including phenoxy) is 1. The first-order valence-electron chi connectivity index (χ1n) is 11.5. The summed E-state index contributed by atoms with van der Waals surface area (Å²) in [4.78, 5) is 30.3. The Bertz CT molecular complexity index is 1110. The summed E-state index contributed by atoms with van der Waals surface area (Å²) in [5, 5.41) is 0. The van der Waals surface area contributed by atoms with Crippen molar-refractivity contribution < 1.29 is 14.3 Å². The van der Waals surface area contributed by atoms with Gasteiger partial charge < -0.3 is 14.5 Å². The minimum Gasteiger partial charge on any atom is -0.496 e. The van der Waals surface area contributed by atoms with E-state index in [-0.39, 0.29) is 17.7 Å². The second kappa shape index (κ2) is 10.3. The molecule has 0 aliphatic carbocycles. The highest BCUT2D eigenvalue weighted by atomic mass is 16.5. The van der Waals surface area contributed by atoms with Crippen LogP contribution in [0.2, 0.25) is 0 Å². The zero-order valence-corrected chi connectivity index (χ0v) is 19.2. The zero-order valence-electron chi connectivity index (χ0n) is 19.2. The van der Waals surface area contributed by atoms with Gasteiger partial charge in [0.25, 0.3) is 5.91 Å². The summed E-state index contributed by atoms with van der Waals surface area (Å²) in [5.41, 5.74) is 3.78. The van der Waals surface area contributed by atoms with Gasteiger partial charge in [0, 0.05) is 37.3 Å². The lowest BCUT2D eigenvalue weighted by molar-refractivity contribution is -0.134. The third-order valence-corrected chi connectivity index (χ3v) is 6.31. The number of hydrogen-bond donors (Lipinski definition) is 0. The number of rotatable bonds is 6. The van der Waals surface area contributed by atoms with E-state index >= 15 is 0 Å². The van der Waals surface area contributed by atoms with Crippen molar-refractivity contribution in [1.82, 2.24) is 9.80 Å². The number of nitrogens with zero attached hydrogens (tertiary/aromatic N) is 2. The highest BCUT2D eigenvalue weighted by molar-refractivity contribution is 5.95. The van der Waals surface area contributed by atoms with Crippen molar-refractivity contribution in [2.75, 3.05) is 33.3 Å². The van der Waals surface area contributed by atoms with Crippen molar-refractivity contribution in [2.45, 2.75) is 13.3 Å². The number of para-hydroxylation sites is 1. The van der Waals surface area contributed by atoms with E-state index in [4.69, 9.17) is 4.74 Å². The maximum atomic E-state index is 13.4. The maximum absolute atomic E-state index is 13.4. The Morgan fingerprint density at radius 3 is 2.30 bits per heavy atom. The lowest BCUT2D eigenvalue weighted by Crippen LogP contribution is -2.38. The van der Waals surface area contributed by atoms with Crippen molar-refractivity contribution in [1.29, 1.82) is 0 Å². The monoisotopic (exact) mass is 442 g/mol. The van der Waals surface area contributed by atoms with Crippen molar-refractivity contribution in [2.24, 2.45) is 5.92 Å². The number of likely N-dealkylation sites (N-methyl/N-ethyl adjacent to an activating group) is 1. The van der Waals surface area contributed by atoms with Crippen LogP contribution in [-0.4, -0.2) is 54.9 Å². The second-order valence-electron chi connectivity index (χ2n) is 8.29.